The molecule has 0 heterocycles. The fourth-order valence-electron chi connectivity index (χ4n) is 3.49. The third-order valence-electron chi connectivity index (χ3n) is 5.32. The van der Waals surface area contributed by atoms with Gasteiger partial charge in [0.25, 0.3) is 0 Å². The summed E-state index contributed by atoms with van der Waals surface area (Å²) >= 11 is 0. The molecule has 0 spiro atoms. The van der Waals surface area contributed by atoms with Crippen molar-refractivity contribution in [1.29, 1.82) is 0 Å². The van der Waals surface area contributed by atoms with Gasteiger partial charge in [-0.1, -0.05) is 56.9 Å². The highest BCUT2D eigenvalue weighted by Gasteiger charge is 2.24. The standard InChI is InChI=1S/C19H29N/c1-2-12-20-19(13-15-6-3-7-15)18-11-5-10-17(14-18)16-8-4-9-16/h5,10-11,14-16,19-20H,2-4,6-9,12-13H2,1H3. The van der Waals surface area contributed by atoms with Crippen molar-refractivity contribution in [3.63, 3.8) is 0 Å². The molecule has 0 saturated heterocycles. The lowest BCUT2D eigenvalue weighted by atomic mass is 9.77. The number of benzene rings is 1. The monoisotopic (exact) mass is 271 g/mol. The van der Waals surface area contributed by atoms with Gasteiger partial charge in [0, 0.05) is 6.04 Å². The van der Waals surface area contributed by atoms with Crippen LogP contribution in [0.5, 0.6) is 0 Å². The molecule has 0 radical (unpaired) electrons. The molecule has 0 amide bonds. The fraction of sp³-hybridized carbons (Fsp3) is 0.684. The SMILES string of the molecule is CCCNC(CC1CCC1)c1cccc(C2CCC2)c1. The van der Waals surface area contributed by atoms with Crippen molar-refractivity contribution >= 4 is 0 Å². The smallest absolute Gasteiger partial charge is 0.0322 e. The maximum atomic E-state index is 3.79. The molecule has 1 atom stereocenters. The Morgan fingerprint density at radius 1 is 1.15 bits per heavy atom. The number of rotatable bonds is 7. The van der Waals surface area contributed by atoms with Crippen molar-refractivity contribution in [2.75, 3.05) is 6.54 Å². The molecule has 1 N–H and O–H groups in total. The van der Waals surface area contributed by atoms with E-state index in [9.17, 15) is 0 Å². The lowest BCUT2D eigenvalue weighted by Gasteiger charge is -2.31. The maximum Gasteiger partial charge on any atom is 0.0322 e. The first kappa shape index (κ1) is 14.1. The third-order valence-corrected chi connectivity index (χ3v) is 5.32. The van der Waals surface area contributed by atoms with Crippen LogP contribution < -0.4 is 5.32 Å². The van der Waals surface area contributed by atoms with Crippen molar-refractivity contribution in [2.45, 2.75) is 70.3 Å². The van der Waals surface area contributed by atoms with Crippen LogP contribution >= 0.6 is 0 Å². The summed E-state index contributed by atoms with van der Waals surface area (Å²) in [6.45, 7) is 3.41. The molecule has 1 aromatic rings. The number of hydrogen-bond donors (Lipinski definition) is 1. The Morgan fingerprint density at radius 3 is 2.55 bits per heavy atom. The summed E-state index contributed by atoms with van der Waals surface area (Å²) < 4.78 is 0. The molecule has 20 heavy (non-hydrogen) atoms. The van der Waals surface area contributed by atoms with Gasteiger partial charge < -0.3 is 5.32 Å². The van der Waals surface area contributed by atoms with Crippen LogP contribution in [0.2, 0.25) is 0 Å². The molecule has 1 heteroatoms. The second kappa shape index (κ2) is 6.76. The van der Waals surface area contributed by atoms with E-state index in [0.717, 1.165) is 18.4 Å². The third kappa shape index (κ3) is 3.25. The second-order valence-electron chi connectivity index (χ2n) is 6.84. The van der Waals surface area contributed by atoms with Crippen LogP contribution in [-0.2, 0) is 0 Å². The maximum absolute atomic E-state index is 3.79. The van der Waals surface area contributed by atoms with Gasteiger partial charge in [0.05, 0.1) is 0 Å². The lowest BCUT2D eigenvalue weighted by Crippen LogP contribution is -2.27. The van der Waals surface area contributed by atoms with E-state index < -0.39 is 0 Å². The molecule has 3 rings (SSSR count). The molecule has 0 aromatic heterocycles. The summed E-state index contributed by atoms with van der Waals surface area (Å²) in [5.41, 5.74) is 3.13. The van der Waals surface area contributed by atoms with Crippen LogP contribution in [-0.4, -0.2) is 6.54 Å². The molecule has 1 unspecified atom stereocenters. The summed E-state index contributed by atoms with van der Waals surface area (Å²) in [7, 11) is 0. The van der Waals surface area contributed by atoms with Gasteiger partial charge in [0.1, 0.15) is 0 Å². The Hall–Kier alpha value is -0.820. The summed E-state index contributed by atoms with van der Waals surface area (Å²) in [5.74, 6) is 1.82. The number of nitrogens with one attached hydrogen (secondary N) is 1. The van der Waals surface area contributed by atoms with Crippen LogP contribution in [0.25, 0.3) is 0 Å². The Labute approximate surface area is 124 Å². The van der Waals surface area contributed by atoms with Crippen LogP contribution in [0.15, 0.2) is 24.3 Å². The molecule has 2 aliphatic rings. The second-order valence-corrected chi connectivity index (χ2v) is 6.84. The zero-order chi connectivity index (χ0) is 13.8. The van der Waals surface area contributed by atoms with E-state index >= 15 is 0 Å². The average molecular weight is 271 g/mol. The highest BCUT2D eigenvalue weighted by molar-refractivity contribution is 5.29. The molecule has 0 aliphatic heterocycles. The summed E-state index contributed by atoms with van der Waals surface area (Å²) in [5, 5.41) is 3.79. The topological polar surface area (TPSA) is 12.0 Å². The number of hydrogen-bond acceptors (Lipinski definition) is 1. The van der Waals surface area contributed by atoms with Crippen LogP contribution in [0, 0.1) is 5.92 Å². The van der Waals surface area contributed by atoms with Gasteiger partial charge in [-0.25, -0.2) is 0 Å². The molecule has 2 fully saturated rings. The van der Waals surface area contributed by atoms with Crippen LogP contribution in [0.3, 0.4) is 0 Å². The Balaban J connectivity index is 1.70. The minimum absolute atomic E-state index is 0.584. The fourth-order valence-corrected chi connectivity index (χ4v) is 3.49. The largest absolute Gasteiger partial charge is 0.310 e. The molecular weight excluding hydrogens is 242 g/mol. The minimum Gasteiger partial charge on any atom is -0.310 e. The molecule has 110 valence electrons. The van der Waals surface area contributed by atoms with Gasteiger partial charge in [-0.2, -0.15) is 0 Å². The zero-order valence-electron chi connectivity index (χ0n) is 12.9. The van der Waals surface area contributed by atoms with Gasteiger partial charge in [0.15, 0.2) is 0 Å². The summed E-state index contributed by atoms with van der Waals surface area (Å²) in [6, 6.07) is 10.0. The van der Waals surface area contributed by atoms with Crippen molar-refractivity contribution in [2.24, 2.45) is 5.92 Å². The van der Waals surface area contributed by atoms with Gasteiger partial charge in [-0.3, -0.25) is 0 Å². The van der Waals surface area contributed by atoms with Crippen molar-refractivity contribution in [1.82, 2.24) is 5.32 Å². The molecule has 0 bridgehead atoms. The average Bonchev–Trinajstić information content (AvgIpc) is 2.35. The van der Waals surface area contributed by atoms with Gasteiger partial charge in [0.2, 0.25) is 0 Å². The Kier molecular flexibility index (Phi) is 4.77. The highest BCUT2D eigenvalue weighted by Crippen LogP contribution is 2.39. The zero-order valence-corrected chi connectivity index (χ0v) is 12.9. The van der Waals surface area contributed by atoms with Crippen molar-refractivity contribution < 1.29 is 0 Å². The Morgan fingerprint density at radius 2 is 1.95 bits per heavy atom. The van der Waals surface area contributed by atoms with E-state index in [2.05, 4.69) is 36.5 Å². The summed E-state index contributed by atoms with van der Waals surface area (Å²) in [6.07, 6.45) is 11.1. The molecule has 2 saturated carbocycles. The predicted molar refractivity (Wildman–Crippen MR) is 86.0 cm³/mol. The van der Waals surface area contributed by atoms with E-state index in [0.29, 0.717) is 6.04 Å². The van der Waals surface area contributed by atoms with Gasteiger partial charge in [-0.05, 0) is 55.2 Å². The molecular formula is C19H29N. The van der Waals surface area contributed by atoms with E-state index in [-0.39, 0.29) is 0 Å². The lowest BCUT2D eigenvalue weighted by molar-refractivity contribution is 0.261. The van der Waals surface area contributed by atoms with E-state index in [1.54, 1.807) is 5.56 Å². The summed E-state index contributed by atoms with van der Waals surface area (Å²) in [4.78, 5) is 0. The first-order valence-electron chi connectivity index (χ1n) is 8.70. The van der Waals surface area contributed by atoms with Crippen molar-refractivity contribution in [3.8, 4) is 0 Å². The minimum atomic E-state index is 0.584. The predicted octanol–water partition coefficient (Wildman–Crippen LogP) is 5.19. The first-order chi connectivity index (χ1) is 9.86. The van der Waals surface area contributed by atoms with Crippen LogP contribution in [0.1, 0.15) is 81.4 Å². The van der Waals surface area contributed by atoms with E-state index in [4.69, 9.17) is 0 Å². The van der Waals surface area contributed by atoms with E-state index in [1.165, 1.54) is 56.9 Å². The van der Waals surface area contributed by atoms with Crippen LogP contribution in [0.4, 0.5) is 0 Å². The Bertz CT molecular complexity index is 418. The quantitative estimate of drug-likeness (QED) is 0.720. The normalized spacial score (nSPS) is 21.2. The van der Waals surface area contributed by atoms with Gasteiger partial charge in [-0.15, -0.1) is 0 Å². The van der Waals surface area contributed by atoms with Gasteiger partial charge >= 0.3 is 0 Å². The molecule has 1 aromatic carbocycles. The molecule has 1 nitrogen and oxygen atoms in total. The first-order valence-corrected chi connectivity index (χ1v) is 8.70. The molecule has 2 aliphatic carbocycles. The van der Waals surface area contributed by atoms with Crippen molar-refractivity contribution in [3.05, 3.63) is 35.4 Å². The highest BCUT2D eigenvalue weighted by atomic mass is 14.9. The van der Waals surface area contributed by atoms with E-state index in [1.807, 2.05) is 0 Å².